The van der Waals surface area contributed by atoms with Gasteiger partial charge in [0, 0.05) is 18.7 Å². The van der Waals surface area contributed by atoms with E-state index >= 15 is 0 Å². The third kappa shape index (κ3) is 3.86. The molecule has 0 bridgehead atoms. The number of carbonyl (C=O) groups is 2. The van der Waals surface area contributed by atoms with E-state index in [1.54, 1.807) is 35.2 Å². The van der Waals surface area contributed by atoms with Crippen molar-refractivity contribution in [2.75, 3.05) is 24.6 Å². The van der Waals surface area contributed by atoms with E-state index in [1.165, 1.54) is 12.1 Å². The van der Waals surface area contributed by atoms with Crippen LogP contribution in [0.1, 0.15) is 41.6 Å². The summed E-state index contributed by atoms with van der Waals surface area (Å²) >= 11 is 0. The zero-order valence-electron chi connectivity index (χ0n) is 15.7. The molecule has 6 heteroatoms. The zero-order valence-corrected chi connectivity index (χ0v) is 15.7. The summed E-state index contributed by atoms with van der Waals surface area (Å²) in [5.41, 5.74) is 1.95. The minimum Gasteiger partial charge on any atom is -0.482 e. The summed E-state index contributed by atoms with van der Waals surface area (Å²) in [4.78, 5) is 28.9. The summed E-state index contributed by atoms with van der Waals surface area (Å²) in [5.74, 6) is 0.0672. The number of hydrogen-bond donors (Lipinski definition) is 0. The van der Waals surface area contributed by atoms with Gasteiger partial charge in [0.15, 0.2) is 6.61 Å². The van der Waals surface area contributed by atoms with Crippen LogP contribution in [0.3, 0.4) is 0 Å². The molecule has 0 unspecified atom stereocenters. The van der Waals surface area contributed by atoms with Crippen molar-refractivity contribution in [2.24, 2.45) is 0 Å². The summed E-state index contributed by atoms with van der Waals surface area (Å²) in [7, 11) is 0. The number of carbonyl (C=O) groups excluding carboxylic acids is 2. The van der Waals surface area contributed by atoms with E-state index in [2.05, 4.69) is 0 Å². The van der Waals surface area contributed by atoms with Crippen LogP contribution in [0.15, 0.2) is 42.5 Å². The highest BCUT2D eigenvalue weighted by Gasteiger charge is 2.27. The molecule has 2 amide bonds. The lowest BCUT2D eigenvalue weighted by Gasteiger charge is -2.30. The van der Waals surface area contributed by atoms with Gasteiger partial charge in [-0.2, -0.15) is 0 Å². The molecule has 1 saturated heterocycles. The van der Waals surface area contributed by atoms with Crippen molar-refractivity contribution >= 4 is 17.5 Å². The van der Waals surface area contributed by atoms with Gasteiger partial charge in [-0.05, 0) is 48.7 Å². The van der Waals surface area contributed by atoms with Crippen molar-refractivity contribution in [2.45, 2.75) is 32.2 Å². The molecule has 0 aliphatic carbocycles. The average Bonchev–Trinajstić information content (AvgIpc) is 3.00. The lowest BCUT2D eigenvalue weighted by Crippen LogP contribution is -2.38. The third-order valence-electron chi connectivity index (χ3n) is 5.30. The van der Waals surface area contributed by atoms with E-state index in [-0.39, 0.29) is 24.2 Å². The highest BCUT2D eigenvalue weighted by atomic mass is 19.1. The minimum atomic E-state index is -0.317. The Morgan fingerprint density at radius 1 is 1.00 bits per heavy atom. The van der Waals surface area contributed by atoms with Gasteiger partial charge in [0.2, 0.25) is 0 Å². The Bertz CT molecular complexity index is 874. The van der Waals surface area contributed by atoms with Gasteiger partial charge >= 0.3 is 0 Å². The fourth-order valence-electron chi connectivity index (χ4n) is 3.74. The number of anilines is 1. The molecule has 0 radical (unpaired) electrons. The Morgan fingerprint density at radius 2 is 1.71 bits per heavy atom. The van der Waals surface area contributed by atoms with Crippen LogP contribution in [0.25, 0.3) is 0 Å². The SMILES string of the molecule is O=C(c1ccc2c(c1)N(Cc1ccc(F)cc1)C(=O)CO2)N1CCCCCC1. The number of amides is 2. The van der Waals surface area contributed by atoms with Gasteiger partial charge in [0.1, 0.15) is 11.6 Å². The standard InChI is InChI=1S/C22H23FN2O3/c23-18-8-5-16(6-9-18)14-25-19-13-17(7-10-20(19)28-15-21(25)26)22(27)24-11-3-1-2-4-12-24/h5-10,13H,1-4,11-12,14-15H2. The molecule has 2 aromatic rings. The second kappa shape index (κ2) is 8.00. The first kappa shape index (κ1) is 18.5. The smallest absolute Gasteiger partial charge is 0.265 e. The van der Waals surface area contributed by atoms with Crippen LogP contribution >= 0.6 is 0 Å². The fourth-order valence-corrected chi connectivity index (χ4v) is 3.74. The molecular formula is C22H23FN2O3. The molecule has 0 saturated carbocycles. The second-order valence-corrected chi connectivity index (χ2v) is 7.28. The predicted octanol–water partition coefficient (Wildman–Crippen LogP) is 3.77. The third-order valence-corrected chi connectivity index (χ3v) is 5.30. The van der Waals surface area contributed by atoms with E-state index < -0.39 is 0 Å². The summed E-state index contributed by atoms with van der Waals surface area (Å²) in [6, 6.07) is 11.3. The molecular weight excluding hydrogens is 359 g/mol. The molecule has 0 spiro atoms. The Balaban J connectivity index is 1.61. The number of nitrogens with zero attached hydrogens (tertiary/aromatic N) is 2. The van der Waals surface area contributed by atoms with Gasteiger partial charge in [-0.25, -0.2) is 4.39 Å². The van der Waals surface area contributed by atoms with Crippen molar-refractivity contribution in [3.8, 4) is 5.75 Å². The molecule has 28 heavy (non-hydrogen) atoms. The lowest BCUT2D eigenvalue weighted by atomic mass is 10.1. The van der Waals surface area contributed by atoms with Crippen molar-refractivity contribution in [3.63, 3.8) is 0 Å². The molecule has 4 rings (SSSR count). The quantitative estimate of drug-likeness (QED) is 0.812. The minimum absolute atomic E-state index is 0.00976. The Kier molecular flexibility index (Phi) is 5.28. The van der Waals surface area contributed by atoms with Crippen LogP contribution in [0.2, 0.25) is 0 Å². The van der Waals surface area contributed by atoms with E-state index in [9.17, 15) is 14.0 Å². The van der Waals surface area contributed by atoms with Gasteiger partial charge in [-0.3, -0.25) is 9.59 Å². The molecule has 146 valence electrons. The topological polar surface area (TPSA) is 49.9 Å². The van der Waals surface area contributed by atoms with Gasteiger partial charge in [0.25, 0.3) is 11.8 Å². The molecule has 0 atom stereocenters. The van der Waals surface area contributed by atoms with Crippen molar-refractivity contribution in [1.29, 1.82) is 0 Å². The lowest BCUT2D eigenvalue weighted by molar-refractivity contribution is -0.121. The number of hydrogen-bond acceptors (Lipinski definition) is 3. The van der Waals surface area contributed by atoms with Gasteiger partial charge in [0.05, 0.1) is 12.2 Å². The van der Waals surface area contributed by atoms with Crippen LogP contribution in [0.5, 0.6) is 5.75 Å². The monoisotopic (exact) mass is 382 g/mol. The van der Waals surface area contributed by atoms with Crippen molar-refractivity contribution < 1.29 is 18.7 Å². The highest BCUT2D eigenvalue weighted by molar-refractivity contribution is 6.01. The Hall–Kier alpha value is -2.89. The maximum absolute atomic E-state index is 13.2. The molecule has 1 fully saturated rings. The van der Waals surface area contributed by atoms with Crippen molar-refractivity contribution in [1.82, 2.24) is 4.90 Å². The van der Waals surface area contributed by atoms with Crippen LogP contribution in [0, 0.1) is 5.82 Å². The number of rotatable bonds is 3. The van der Waals surface area contributed by atoms with Crippen LogP contribution in [-0.2, 0) is 11.3 Å². The molecule has 5 nitrogen and oxygen atoms in total. The zero-order chi connectivity index (χ0) is 19.5. The van der Waals surface area contributed by atoms with E-state index in [0.29, 0.717) is 23.5 Å². The number of ether oxygens (including phenoxy) is 1. The van der Waals surface area contributed by atoms with Gasteiger partial charge in [-0.15, -0.1) is 0 Å². The normalized spacial score (nSPS) is 17.0. The number of likely N-dealkylation sites (tertiary alicyclic amines) is 1. The first-order valence-electron chi connectivity index (χ1n) is 9.73. The summed E-state index contributed by atoms with van der Waals surface area (Å²) in [6.45, 7) is 1.79. The largest absolute Gasteiger partial charge is 0.482 e. The Labute approximate surface area is 163 Å². The molecule has 2 aromatic carbocycles. The van der Waals surface area contributed by atoms with Gasteiger partial charge in [-0.1, -0.05) is 25.0 Å². The second-order valence-electron chi connectivity index (χ2n) is 7.28. The average molecular weight is 382 g/mol. The van der Waals surface area contributed by atoms with Crippen LogP contribution in [-0.4, -0.2) is 36.4 Å². The van der Waals surface area contributed by atoms with E-state index in [0.717, 1.165) is 44.3 Å². The van der Waals surface area contributed by atoms with E-state index in [4.69, 9.17) is 4.74 Å². The molecule has 2 aliphatic heterocycles. The van der Waals surface area contributed by atoms with Crippen LogP contribution < -0.4 is 9.64 Å². The van der Waals surface area contributed by atoms with E-state index in [1.807, 2.05) is 4.90 Å². The maximum Gasteiger partial charge on any atom is 0.265 e. The molecule has 0 N–H and O–H groups in total. The molecule has 2 heterocycles. The predicted molar refractivity (Wildman–Crippen MR) is 104 cm³/mol. The first-order valence-corrected chi connectivity index (χ1v) is 9.73. The van der Waals surface area contributed by atoms with Gasteiger partial charge < -0.3 is 14.5 Å². The fraction of sp³-hybridized carbons (Fsp3) is 0.364. The first-order chi connectivity index (χ1) is 13.6. The molecule has 2 aliphatic rings. The van der Waals surface area contributed by atoms with Crippen molar-refractivity contribution in [3.05, 3.63) is 59.4 Å². The number of halogens is 1. The van der Waals surface area contributed by atoms with Crippen LogP contribution in [0.4, 0.5) is 10.1 Å². The summed E-state index contributed by atoms with van der Waals surface area (Å²) in [6.07, 6.45) is 4.35. The number of benzene rings is 2. The summed E-state index contributed by atoms with van der Waals surface area (Å²) in [5, 5.41) is 0. The highest BCUT2D eigenvalue weighted by Crippen LogP contribution is 2.34. The summed E-state index contributed by atoms with van der Waals surface area (Å²) < 4.78 is 18.7. The maximum atomic E-state index is 13.2. The molecule has 0 aromatic heterocycles. The number of fused-ring (bicyclic) bond motifs is 1. The Morgan fingerprint density at radius 3 is 2.43 bits per heavy atom.